The lowest BCUT2D eigenvalue weighted by atomic mass is 9.95. The van der Waals surface area contributed by atoms with Crippen LogP contribution in [0.5, 0.6) is 11.5 Å². The number of carbonyl (C=O) groups excluding carboxylic acids is 1. The van der Waals surface area contributed by atoms with Gasteiger partial charge in [-0.3, -0.25) is 0 Å². The van der Waals surface area contributed by atoms with Gasteiger partial charge in [0, 0.05) is 0 Å². The summed E-state index contributed by atoms with van der Waals surface area (Å²) in [4.78, 5) is 12.6. The third kappa shape index (κ3) is 4.81. The Bertz CT molecular complexity index is 2170. The zero-order valence-corrected chi connectivity index (χ0v) is 23.7. The van der Waals surface area contributed by atoms with Crippen LogP contribution in [0.2, 0.25) is 0 Å². The zero-order valence-electron chi connectivity index (χ0n) is 23.7. The van der Waals surface area contributed by atoms with Crippen LogP contribution in [-0.4, -0.2) is 6.16 Å². The number of carbonyl (C=O) groups is 1. The van der Waals surface area contributed by atoms with Crippen LogP contribution < -0.4 is 9.47 Å². The predicted molar refractivity (Wildman–Crippen MR) is 180 cm³/mol. The molecule has 0 saturated carbocycles. The van der Waals surface area contributed by atoms with Crippen LogP contribution in [0.15, 0.2) is 158 Å². The molecule has 3 heteroatoms. The van der Waals surface area contributed by atoms with E-state index in [1.165, 1.54) is 43.1 Å². The van der Waals surface area contributed by atoms with Crippen LogP contribution in [0, 0.1) is 0 Å². The van der Waals surface area contributed by atoms with Gasteiger partial charge in [-0.05, 0) is 114 Å². The van der Waals surface area contributed by atoms with Crippen molar-refractivity contribution in [2.75, 3.05) is 0 Å². The normalized spacial score (nSPS) is 11.3. The largest absolute Gasteiger partial charge is 0.519 e. The zero-order chi connectivity index (χ0) is 29.5. The Labute approximate surface area is 254 Å². The van der Waals surface area contributed by atoms with Crippen molar-refractivity contribution >= 4 is 49.2 Å². The third-order valence-electron chi connectivity index (χ3n) is 8.23. The molecular formula is C41H26O3. The maximum Gasteiger partial charge on any atom is 0.519 e. The van der Waals surface area contributed by atoms with Crippen molar-refractivity contribution in [2.24, 2.45) is 0 Å². The molecule has 0 heterocycles. The summed E-state index contributed by atoms with van der Waals surface area (Å²) in [5.74, 6) is 0.841. The van der Waals surface area contributed by atoms with Gasteiger partial charge in [-0.1, -0.05) is 109 Å². The first-order chi connectivity index (χ1) is 21.7. The van der Waals surface area contributed by atoms with Crippen molar-refractivity contribution in [1.29, 1.82) is 0 Å². The smallest absolute Gasteiger partial charge is 0.395 e. The average molecular weight is 567 g/mol. The van der Waals surface area contributed by atoms with Gasteiger partial charge in [-0.25, -0.2) is 4.79 Å². The van der Waals surface area contributed by atoms with Gasteiger partial charge < -0.3 is 9.47 Å². The Morgan fingerprint density at radius 2 is 0.727 bits per heavy atom. The number of benzene rings is 8. The molecule has 208 valence electrons. The van der Waals surface area contributed by atoms with Crippen LogP contribution in [-0.2, 0) is 0 Å². The summed E-state index contributed by atoms with van der Waals surface area (Å²) in [6.45, 7) is 0. The van der Waals surface area contributed by atoms with E-state index in [1.807, 2.05) is 24.3 Å². The minimum absolute atomic E-state index is 0.420. The summed E-state index contributed by atoms with van der Waals surface area (Å²) in [6, 6.07) is 53.4. The molecule has 0 N–H and O–H groups in total. The van der Waals surface area contributed by atoms with Gasteiger partial charge >= 0.3 is 6.16 Å². The Kier molecular flexibility index (Phi) is 6.28. The van der Waals surface area contributed by atoms with Gasteiger partial charge in [0.25, 0.3) is 0 Å². The Morgan fingerprint density at radius 1 is 0.364 bits per heavy atom. The van der Waals surface area contributed by atoms with Gasteiger partial charge in [0.15, 0.2) is 0 Å². The molecule has 8 aromatic carbocycles. The Balaban J connectivity index is 0.988. The van der Waals surface area contributed by atoms with Crippen molar-refractivity contribution in [3.63, 3.8) is 0 Å². The molecule has 0 atom stereocenters. The minimum atomic E-state index is -0.779. The van der Waals surface area contributed by atoms with E-state index in [2.05, 4.69) is 109 Å². The van der Waals surface area contributed by atoms with E-state index in [1.54, 1.807) is 24.3 Å². The van der Waals surface area contributed by atoms with E-state index in [0.717, 1.165) is 22.3 Å². The van der Waals surface area contributed by atoms with E-state index >= 15 is 0 Å². The molecule has 0 radical (unpaired) electrons. The summed E-state index contributed by atoms with van der Waals surface area (Å²) in [5, 5.41) is 9.57. The highest BCUT2D eigenvalue weighted by Crippen LogP contribution is 2.34. The van der Waals surface area contributed by atoms with Crippen LogP contribution in [0.3, 0.4) is 0 Å². The van der Waals surface area contributed by atoms with Crippen LogP contribution in [0.4, 0.5) is 4.79 Å². The highest BCUT2D eigenvalue weighted by Gasteiger charge is 2.11. The molecule has 0 saturated heterocycles. The first-order valence-corrected chi connectivity index (χ1v) is 14.6. The van der Waals surface area contributed by atoms with E-state index in [0.29, 0.717) is 11.5 Å². The van der Waals surface area contributed by atoms with Crippen LogP contribution in [0.25, 0.3) is 65.3 Å². The number of hydrogen-bond donors (Lipinski definition) is 0. The summed E-state index contributed by atoms with van der Waals surface area (Å²) in [6.07, 6.45) is -0.779. The molecule has 8 rings (SSSR count). The lowest BCUT2D eigenvalue weighted by Gasteiger charge is -2.11. The van der Waals surface area contributed by atoms with Crippen molar-refractivity contribution in [3.8, 4) is 33.8 Å². The molecule has 0 aromatic heterocycles. The molecule has 8 aromatic rings. The standard InChI is InChI=1S/C41H26O3/c42-41(43-35-19-15-27(16-20-35)37-13-5-11-33-23-29-7-1-3-9-31(29)25-39(33)37)44-36-21-17-28(18-22-36)38-14-6-12-34-24-30-8-2-4-10-32(30)26-40(34)38/h1-26H. The lowest BCUT2D eigenvalue weighted by Crippen LogP contribution is -2.13. The van der Waals surface area contributed by atoms with Gasteiger partial charge in [0.05, 0.1) is 0 Å². The molecule has 0 unspecified atom stereocenters. The fourth-order valence-corrected chi connectivity index (χ4v) is 6.06. The van der Waals surface area contributed by atoms with Gasteiger partial charge in [-0.2, -0.15) is 0 Å². The predicted octanol–water partition coefficient (Wildman–Crippen LogP) is 11.2. The monoisotopic (exact) mass is 566 g/mol. The van der Waals surface area contributed by atoms with E-state index in [4.69, 9.17) is 9.47 Å². The first kappa shape index (κ1) is 25.8. The van der Waals surface area contributed by atoms with Crippen LogP contribution >= 0.6 is 0 Å². The van der Waals surface area contributed by atoms with Gasteiger partial charge in [-0.15, -0.1) is 0 Å². The molecular weight excluding hydrogens is 540 g/mol. The van der Waals surface area contributed by atoms with Crippen molar-refractivity contribution in [1.82, 2.24) is 0 Å². The molecule has 0 aliphatic carbocycles. The second-order valence-electron chi connectivity index (χ2n) is 11.0. The maximum atomic E-state index is 12.6. The highest BCUT2D eigenvalue weighted by atomic mass is 16.7. The Hall–Kier alpha value is -5.93. The quantitative estimate of drug-likeness (QED) is 0.121. The molecule has 0 amide bonds. The number of ether oxygens (including phenoxy) is 2. The first-order valence-electron chi connectivity index (χ1n) is 14.6. The van der Waals surface area contributed by atoms with Gasteiger partial charge in [0.1, 0.15) is 11.5 Å². The summed E-state index contributed by atoms with van der Waals surface area (Å²) >= 11 is 0. The molecule has 0 spiro atoms. The van der Waals surface area contributed by atoms with E-state index < -0.39 is 6.16 Å². The van der Waals surface area contributed by atoms with E-state index in [-0.39, 0.29) is 0 Å². The number of hydrogen-bond acceptors (Lipinski definition) is 3. The summed E-state index contributed by atoms with van der Waals surface area (Å²) < 4.78 is 11.0. The second kappa shape index (κ2) is 10.7. The topological polar surface area (TPSA) is 35.5 Å². The summed E-state index contributed by atoms with van der Waals surface area (Å²) in [7, 11) is 0. The maximum absolute atomic E-state index is 12.6. The molecule has 0 fully saturated rings. The molecule has 3 nitrogen and oxygen atoms in total. The molecule has 0 aliphatic rings. The van der Waals surface area contributed by atoms with Crippen molar-refractivity contribution < 1.29 is 14.3 Å². The fraction of sp³-hybridized carbons (Fsp3) is 0. The summed E-state index contributed by atoms with van der Waals surface area (Å²) in [5.41, 5.74) is 4.34. The second-order valence-corrected chi connectivity index (χ2v) is 11.0. The van der Waals surface area contributed by atoms with Gasteiger partial charge in [0.2, 0.25) is 0 Å². The molecule has 0 aliphatic heterocycles. The van der Waals surface area contributed by atoms with Crippen molar-refractivity contribution in [3.05, 3.63) is 158 Å². The fourth-order valence-electron chi connectivity index (χ4n) is 6.06. The Morgan fingerprint density at radius 3 is 1.14 bits per heavy atom. The molecule has 44 heavy (non-hydrogen) atoms. The SMILES string of the molecule is O=C(Oc1ccc(-c2cccc3cc4ccccc4cc23)cc1)Oc1ccc(-c2cccc3cc4ccccc4cc23)cc1. The highest BCUT2D eigenvalue weighted by molar-refractivity contribution is 6.06. The lowest BCUT2D eigenvalue weighted by molar-refractivity contribution is 0.152. The number of rotatable bonds is 4. The van der Waals surface area contributed by atoms with Crippen LogP contribution in [0.1, 0.15) is 0 Å². The molecule has 0 bridgehead atoms. The minimum Gasteiger partial charge on any atom is -0.395 e. The number of fused-ring (bicyclic) bond motifs is 4. The average Bonchev–Trinajstić information content (AvgIpc) is 3.06. The van der Waals surface area contributed by atoms with E-state index in [9.17, 15) is 4.79 Å². The third-order valence-corrected chi connectivity index (χ3v) is 8.23. The van der Waals surface area contributed by atoms with Crippen molar-refractivity contribution in [2.45, 2.75) is 0 Å².